The molecule has 0 radical (unpaired) electrons. The second kappa shape index (κ2) is 6.22. The highest BCUT2D eigenvalue weighted by Crippen LogP contribution is 2.07. The lowest BCUT2D eigenvalue weighted by Crippen LogP contribution is -2.37. The number of nitrogens with zero attached hydrogens (tertiary/aromatic N) is 3. The van der Waals surface area contributed by atoms with Crippen LogP contribution >= 0.6 is 0 Å². The van der Waals surface area contributed by atoms with Gasteiger partial charge in [0.2, 0.25) is 0 Å². The van der Waals surface area contributed by atoms with E-state index >= 15 is 0 Å². The molecule has 1 amide bonds. The van der Waals surface area contributed by atoms with Crippen molar-refractivity contribution in [1.82, 2.24) is 14.4 Å². The van der Waals surface area contributed by atoms with Crippen LogP contribution in [-0.4, -0.2) is 53.5 Å². The van der Waals surface area contributed by atoms with Gasteiger partial charge in [-0.3, -0.25) is 9.59 Å². The Hall–Kier alpha value is -1.62. The Labute approximate surface area is 119 Å². The monoisotopic (exact) mass is 277 g/mol. The summed E-state index contributed by atoms with van der Waals surface area (Å²) in [4.78, 5) is 28.3. The van der Waals surface area contributed by atoms with Crippen molar-refractivity contribution in [3.05, 3.63) is 33.7 Å². The molecular formula is C15H23N3O2. The summed E-state index contributed by atoms with van der Waals surface area (Å²) in [5, 5.41) is 0. The number of aromatic nitrogens is 1. The normalized spacial score (nSPS) is 15.6. The number of likely N-dealkylation sites (tertiary alicyclic amines) is 1. The molecule has 0 unspecified atom stereocenters. The van der Waals surface area contributed by atoms with Gasteiger partial charge in [-0.1, -0.05) is 0 Å². The van der Waals surface area contributed by atoms with Gasteiger partial charge < -0.3 is 14.4 Å². The number of hydrogen-bond acceptors (Lipinski definition) is 3. The minimum atomic E-state index is -0.196. The second-order valence-electron chi connectivity index (χ2n) is 5.58. The summed E-state index contributed by atoms with van der Waals surface area (Å²) in [5.41, 5.74) is 0.909. The maximum atomic E-state index is 12.3. The summed E-state index contributed by atoms with van der Waals surface area (Å²) in [6.45, 7) is 5.64. The number of carbonyl (C=O) groups is 1. The smallest absolute Gasteiger partial charge is 0.259 e. The molecule has 0 atom stereocenters. The summed E-state index contributed by atoms with van der Waals surface area (Å²) in [6, 6.07) is 1.52. The van der Waals surface area contributed by atoms with Crippen molar-refractivity contribution in [2.24, 2.45) is 7.05 Å². The number of hydrogen-bond donors (Lipinski definition) is 0. The van der Waals surface area contributed by atoms with Crippen molar-refractivity contribution < 1.29 is 4.79 Å². The van der Waals surface area contributed by atoms with Crippen LogP contribution in [0.5, 0.6) is 0 Å². The minimum Gasteiger partial charge on any atom is -0.354 e. The van der Waals surface area contributed by atoms with Gasteiger partial charge in [0.25, 0.3) is 5.91 Å². The Balaban J connectivity index is 2.02. The van der Waals surface area contributed by atoms with E-state index in [9.17, 15) is 9.59 Å². The molecule has 1 fully saturated rings. The molecule has 110 valence electrons. The van der Waals surface area contributed by atoms with Crippen LogP contribution in [-0.2, 0) is 7.05 Å². The number of likely N-dealkylation sites (N-methyl/N-ethyl adjacent to an activating group) is 1. The van der Waals surface area contributed by atoms with E-state index in [1.807, 2.05) is 18.5 Å². The fraction of sp³-hybridized carbons (Fsp3) is 0.600. The lowest BCUT2D eigenvalue weighted by molar-refractivity contribution is 0.0780. The summed E-state index contributed by atoms with van der Waals surface area (Å²) in [7, 11) is 3.60. The molecule has 0 bridgehead atoms. The molecule has 2 rings (SSSR count). The van der Waals surface area contributed by atoms with Crippen molar-refractivity contribution in [3.63, 3.8) is 0 Å². The van der Waals surface area contributed by atoms with E-state index in [-0.39, 0.29) is 16.9 Å². The van der Waals surface area contributed by atoms with Crippen molar-refractivity contribution in [3.8, 4) is 0 Å². The van der Waals surface area contributed by atoms with Crippen molar-refractivity contribution in [2.45, 2.75) is 19.8 Å². The molecule has 1 aromatic heterocycles. The van der Waals surface area contributed by atoms with Gasteiger partial charge in [-0.05, 0) is 32.9 Å². The zero-order chi connectivity index (χ0) is 14.7. The third-order valence-corrected chi connectivity index (χ3v) is 4.01. The Kier molecular flexibility index (Phi) is 4.60. The van der Waals surface area contributed by atoms with E-state index < -0.39 is 0 Å². The summed E-state index contributed by atoms with van der Waals surface area (Å²) < 4.78 is 1.81. The highest BCUT2D eigenvalue weighted by molar-refractivity contribution is 5.93. The molecule has 5 heteroatoms. The van der Waals surface area contributed by atoms with Gasteiger partial charge in [-0.25, -0.2) is 0 Å². The fourth-order valence-electron chi connectivity index (χ4n) is 2.49. The Bertz CT molecular complexity index is 545. The SMILES string of the molecule is Cc1cc(=O)c(C(=O)N(C)CCN2CCCC2)cn1C. The molecule has 0 saturated carbocycles. The quantitative estimate of drug-likeness (QED) is 0.820. The van der Waals surface area contributed by atoms with Crippen LogP contribution in [0.25, 0.3) is 0 Å². The van der Waals surface area contributed by atoms with Gasteiger partial charge in [-0.15, -0.1) is 0 Å². The number of amides is 1. The molecule has 0 aliphatic carbocycles. The van der Waals surface area contributed by atoms with Crippen molar-refractivity contribution in [1.29, 1.82) is 0 Å². The zero-order valence-corrected chi connectivity index (χ0v) is 12.6. The van der Waals surface area contributed by atoms with E-state index in [0.29, 0.717) is 6.54 Å². The molecule has 0 spiro atoms. The molecule has 20 heavy (non-hydrogen) atoms. The van der Waals surface area contributed by atoms with Crippen molar-refractivity contribution >= 4 is 5.91 Å². The van der Waals surface area contributed by atoms with Crippen LogP contribution in [0.3, 0.4) is 0 Å². The standard InChI is InChI=1S/C15H23N3O2/c1-12-10-14(19)13(11-17(12)3)15(20)16(2)8-9-18-6-4-5-7-18/h10-11H,4-9H2,1-3H3. The van der Waals surface area contributed by atoms with Crippen LogP contribution in [0.4, 0.5) is 0 Å². The average molecular weight is 277 g/mol. The summed E-state index contributed by atoms with van der Waals surface area (Å²) >= 11 is 0. The number of rotatable bonds is 4. The van der Waals surface area contributed by atoms with E-state index in [2.05, 4.69) is 4.90 Å². The maximum absolute atomic E-state index is 12.3. The van der Waals surface area contributed by atoms with E-state index in [1.165, 1.54) is 18.9 Å². The van der Waals surface area contributed by atoms with Crippen LogP contribution in [0.2, 0.25) is 0 Å². The highest BCUT2D eigenvalue weighted by Gasteiger charge is 2.18. The summed E-state index contributed by atoms with van der Waals surface area (Å²) in [6.07, 6.45) is 4.12. The van der Waals surface area contributed by atoms with Crippen molar-refractivity contribution in [2.75, 3.05) is 33.2 Å². The third-order valence-electron chi connectivity index (χ3n) is 4.01. The molecule has 2 heterocycles. The van der Waals surface area contributed by atoms with Gasteiger partial charge in [0.05, 0.1) is 0 Å². The Morgan fingerprint density at radius 2 is 2.00 bits per heavy atom. The Morgan fingerprint density at radius 1 is 1.35 bits per heavy atom. The fourth-order valence-corrected chi connectivity index (χ4v) is 2.49. The molecule has 5 nitrogen and oxygen atoms in total. The molecule has 1 aliphatic rings. The molecular weight excluding hydrogens is 254 g/mol. The molecule has 1 aromatic rings. The topological polar surface area (TPSA) is 45.6 Å². The number of aryl methyl sites for hydroxylation is 2. The predicted molar refractivity (Wildman–Crippen MR) is 79.1 cm³/mol. The summed E-state index contributed by atoms with van der Waals surface area (Å²) in [5.74, 6) is -0.190. The number of carbonyl (C=O) groups excluding carboxylic acids is 1. The first-order valence-corrected chi connectivity index (χ1v) is 7.14. The first-order valence-electron chi connectivity index (χ1n) is 7.14. The van der Waals surface area contributed by atoms with Crippen LogP contribution in [0, 0.1) is 6.92 Å². The molecule has 0 N–H and O–H groups in total. The molecule has 1 saturated heterocycles. The number of pyridine rings is 1. The zero-order valence-electron chi connectivity index (χ0n) is 12.6. The van der Waals surface area contributed by atoms with Crippen LogP contribution in [0.1, 0.15) is 28.9 Å². The van der Waals surface area contributed by atoms with E-state index in [4.69, 9.17) is 0 Å². The first-order chi connectivity index (χ1) is 9.49. The molecule has 1 aliphatic heterocycles. The van der Waals surface area contributed by atoms with E-state index in [1.54, 1.807) is 18.1 Å². The molecule has 0 aromatic carbocycles. The van der Waals surface area contributed by atoms with Crippen LogP contribution in [0.15, 0.2) is 17.1 Å². The third kappa shape index (κ3) is 3.28. The second-order valence-corrected chi connectivity index (χ2v) is 5.58. The predicted octanol–water partition coefficient (Wildman–Crippen LogP) is 0.862. The maximum Gasteiger partial charge on any atom is 0.259 e. The minimum absolute atomic E-state index is 0.190. The van der Waals surface area contributed by atoms with E-state index in [0.717, 1.165) is 25.3 Å². The average Bonchev–Trinajstić information content (AvgIpc) is 2.92. The van der Waals surface area contributed by atoms with Gasteiger partial charge in [0.1, 0.15) is 5.56 Å². The van der Waals surface area contributed by atoms with Gasteiger partial charge in [0, 0.05) is 45.1 Å². The lowest BCUT2D eigenvalue weighted by atomic mass is 10.2. The lowest BCUT2D eigenvalue weighted by Gasteiger charge is -2.21. The Morgan fingerprint density at radius 3 is 2.65 bits per heavy atom. The highest BCUT2D eigenvalue weighted by atomic mass is 16.2. The first kappa shape index (κ1) is 14.8. The van der Waals surface area contributed by atoms with Crippen LogP contribution < -0.4 is 5.43 Å². The van der Waals surface area contributed by atoms with Gasteiger partial charge >= 0.3 is 0 Å². The van der Waals surface area contributed by atoms with Gasteiger partial charge in [-0.2, -0.15) is 0 Å². The largest absolute Gasteiger partial charge is 0.354 e. The van der Waals surface area contributed by atoms with Gasteiger partial charge in [0.15, 0.2) is 5.43 Å².